The molecule has 1 fully saturated rings. The smallest absolute Gasteiger partial charge is 0.255 e. The first-order chi connectivity index (χ1) is 15.5. The summed E-state index contributed by atoms with van der Waals surface area (Å²) in [6.45, 7) is 3.23. The van der Waals surface area contributed by atoms with E-state index in [9.17, 15) is 9.59 Å². The second kappa shape index (κ2) is 10.4. The highest BCUT2D eigenvalue weighted by molar-refractivity contribution is 6.31. The minimum absolute atomic E-state index is 0.0998. The van der Waals surface area contributed by atoms with Crippen molar-refractivity contribution in [2.24, 2.45) is 5.41 Å². The predicted molar refractivity (Wildman–Crippen MR) is 123 cm³/mol. The molecular weight excluding hydrogens is 428 g/mol. The molecule has 1 N–H and O–H groups in total. The maximum atomic E-state index is 13.0. The van der Waals surface area contributed by atoms with Gasteiger partial charge in [0.1, 0.15) is 5.75 Å². The molecule has 1 aromatic heterocycles. The average molecular weight is 459 g/mol. The Kier molecular flexibility index (Phi) is 7.35. The molecule has 2 aliphatic heterocycles. The van der Waals surface area contributed by atoms with E-state index in [0.717, 1.165) is 45.1 Å². The summed E-state index contributed by atoms with van der Waals surface area (Å²) >= 11 is 6.14. The number of aromatic nitrogens is 2. The fourth-order valence-electron chi connectivity index (χ4n) is 4.79. The summed E-state index contributed by atoms with van der Waals surface area (Å²) in [6, 6.07) is 5.17. The zero-order valence-corrected chi connectivity index (χ0v) is 19.1. The number of fused-ring (bicyclic) bond motifs is 1. The van der Waals surface area contributed by atoms with Gasteiger partial charge in [0, 0.05) is 55.4 Å². The molecule has 1 aromatic carbocycles. The van der Waals surface area contributed by atoms with E-state index >= 15 is 0 Å². The topological polar surface area (TPSA) is 76.5 Å². The molecule has 1 unspecified atom stereocenters. The number of piperidine rings is 1. The quantitative estimate of drug-likeness (QED) is 0.756. The fraction of sp³-hybridized carbons (Fsp3) is 0.542. The van der Waals surface area contributed by atoms with Crippen molar-refractivity contribution in [1.82, 2.24) is 19.8 Å². The van der Waals surface area contributed by atoms with E-state index < -0.39 is 0 Å². The van der Waals surface area contributed by atoms with Gasteiger partial charge in [0.2, 0.25) is 5.91 Å². The van der Waals surface area contributed by atoms with Gasteiger partial charge in [0.25, 0.3) is 5.91 Å². The van der Waals surface area contributed by atoms with Crippen molar-refractivity contribution in [3.05, 3.63) is 47.5 Å². The molecule has 172 valence electrons. The van der Waals surface area contributed by atoms with Gasteiger partial charge in [-0.2, -0.15) is 0 Å². The number of rotatable bonds is 3. The highest BCUT2D eigenvalue weighted by atomic mass is 35.5. The number of carbonyl (C=O) groups excluding carboxylic acids is 2. The van der Waals surface area contributed by atoms with Gasteiger partial charge in [0.05, 0.1) is 18.5 Å². The summed E-state index contributed by atoms with van der Waals surface area (Å²) in [7, 11) is 0. The molecule has 1 saturated heterocycles. The number of nitrogens with zero attached hydrogens (tertiary/aromatic N) is 3. The third kappa shape index (κ3) is 5.63. The number of halogens is 1. The van der Waals surface area contributed by atoms with Crippen LogP contribution in [0.1, 0.15) is 55.3 Å². The Morgan fingerprint density at radius 1 is 1.22 bits per heavy atom. The van der Waals surface area contributed by atoms with Gasteiger partial charge in [-0.15, -0.1) is 0 Å². The molecule has 2 aromatic rings. The second-order valence-corrected chi connectivity index (χ2v) is 9.39. The monoisotopic (exact) mass is 458 g/mol. The Morgan fingerprint density at radius 2 is 2.09 bits per heavy atom. The second-order valence-electron chi connectivity index (χ2n) is 8.95. The van der Waals surface area contributed by atoms with Crippen LogP contribution in [0.3, 0.4) is 0 Å². The van der Waals surface area contributed by atoms with Crippen LogP contribution in [-0.2, 0) is 11.3 Å². The maximum Gasteiger partial charge on any atom is 0.255 e. The first-order valence-corrected chi connectivity index (χ1v) is 11.9. The SMILES string of the molecule is O=C1NCC2(CCCCCOc3ccc(Cl)cc31)CCCN(C(=O)CCn1ccnc1)C2. The van der Waals surface area contributed by atoms with Gasteiger partial charge in [-0.1, -0.05) is 24.4 Å². The van der Waals surface area contributed by atoms with Gasteiger partial charge < -0.3 is 19.5 Å². The van der Waals surface area contributed by atoms with Gasteiger partial charge in [-0.3, -0.25) is 9.59 Å². The third-order valence-electron chi connectivity index (χ3n) is 6.58. The van der Waals surface area contributed by atoms with Crippen LogP contribution in [0.25, 0.3) is 0 Å². The zero-order valence-electron chi connectivity index (χ0n) is 18.4. The number of aryl methyl sites for hydroxylation is 1. The Hall–Kier alpha value is -2.54. The molecular formula is C24H31ClN4O3. The Bertz CT molecular complexity index is 933. The highest BCUT2D eigenvalue weighted by Gasteiger charge is 2.37. The lowest BCUT2D eigenvalue weighted by molar-refractivity contribution is -0.135. The lowest BCUT2D eigenvalue weighted by atomic mass is 9.75. The van der Waals surface area contributed by atoms with Crippen LogP contribution < -0.4 is 10.1 Å². The molecule has 0 radical (unpaired) electrons. The zero-order chi connectivity index (χ0) is 22.4. The maximum absolute atomic E-state index is 13.0. The van der Waals surface area contributed by atoms with Crippen LogP contribution in [0.5, 0.6) is 5.75 Å². The molecule has 0 bridgehead atoms. The summed E-state index contributed by atoms with van der Waals surface area (Å²) < 4.78 is 7.78. The molecule has 3 heterocycles. The predicted octanol–water partition coefficient (Wildman–Crippen LogP) is 3.92. The molecule has 4 rings (SSSR count). The number of ether oxygens (including phenoxy) is 1. The van der Waals surface area contributed by atoms with E-state index in [1.165, 1.54) is 0 Å². The minimum Gasteiger partial charge on any atom is -0.493 e. The molecule has 8 heteroatoms. The number of amides is 2. The minimum atomic E-state index is -0.175. The normalized spacial score (nSPS) is 22.3. The summed E-state index contributed by atoms with van der Waals surface area (Å²) in [6.07, 6.45) is 11.8. The van der Waals surface area contributed by atoms with Crippen molar-refractivity contribution in [2.45, 2.75) is 51.5 Å². The lowest BCUT2D eigenvalue weighted by Gasteiger charge is -2.43. The van der Waals surface area contributed by atoms with E-state index in [0.29, 0.717) is 49.0 Å². The van der Waals surface area contributed by atoms with E-state index in [4.69, 9.17) is 16.3 Å². The molecule has 1 atom stereocenters. The van der Waals surface area contributed by atoms with Crippen molar-refractivity contribution < 1.29 is 14.3 Å². The van der Waals surface area contributed by atoms with E-state index in [1.54, 1.807) is 30.7 Å². The van der Waals surface area contributed by atoms with Crippen LogP contribution in [-0.4, -0.2) is 52.5 Å². The van der Waals surface area contributed by atoms with E-state index in [1.807, 2.05) is 15.7 Å². The first-order valence-electron chi connectivity index (χ1n) is 11.5. The number of imidazole rings is 1. The Labute approximate surface area is 194 Å². The van der Waals surface area contributed by atoms with Crippen molar-refractivity contribution in [3.8, 4) is 5.75 Å². The molecule has 2 amide bonds. The largest absolute Gasteiger partial charge is 0.493 e. The molecule has 7 nitrogen and oxygen atoms in total. The third-order valence-corrected chi connectivity index (χ3v) is 6.81. The highest BCUT2D eigenvalue weighted by Crippen LogP contribution is 2.36. The van der Waals surface area contributed by atoms with Gasteiger partial charge in [-0.25, -0.2) is 4.98 Å². The summed E-state index contributed by atoms with van der Waals surface area (Å²) in [5.74, 6) is 0.563. The number of hydrogen-bond acceptors (Lipinski definition) is 4. The summed E-state index contributed by atoms with van der Waals surface area (Å²) in [4.78, 5) is 32.0. The van der Waals surface area contributed by atoms with Crippen molar-refractivity contribution >= 4 is 23.4 Å². The fourth-order valence-corrected chi connectivity index (χ4v) is 4.96. The van der Waals surface area contributed by atoms with Gasteiger partial charge >= 0.3 is 0 Å². The standard InChI is InChI=1S/C24H31ClN4O3/c25-19-5-6-21-20(15-19)23(31)27-16-24(8-2-1-3-14-32-21)9-4-11-29(17-24)22(30)7-12-28-13-10-26-18-28/h5-6,10,13,15,18H,1-4,7-9,11-12,14,16-17H2,(H,27,31). The first kappa shape index (κ1) is 22.6. The molecule has 0 saturated carbocycles. The average Bonchev–Trinajstić information content (AvgIpc) is 3.32. The molecule has 0 aliphatic carbocycles. The molecule has 2 aliphatic rings. The van der Waals surface area contributed by atoms with Crippen molar-refractivity contribution in [3.63, 3.8) is 0 Å². The van der Waals surface area contributed by atoms with Crippen LogP contribution in [0.2, 0.25) is 5.02 Å². The van der Waals surface area contributed by atoms with Crippen LogP contribution in [0, 0.1) is 5.41 Å². The molecule has 1 spiro atoms. The number of carbonyl (C=O) groups is 2. The van der Waals surface area contributed by atoms with Crippen LogP contribution in [0.4, 0.5) is 0 Å². The summed E-state index contributed by atoms with van der Waals surface area (Å²) in [5, 5.41) is 3.64. The van der Waals surface area contributed by atoms with E-state index in [-0.39, 0.29) is 17.2 Å². The van der Waals surface area contributed by atoms with Gasteiger partial charge in [-0.05, 0) is 43.9 Å². The molecule has 32 heavy (non-hydrogen) atoms. The van der Waals surface area contributed by atoms with Crippen molar-refractivity contribution in [1.29, 1.82) is 0 Å². The lowest BCUT2D eigenvalue weighted by Crippen LogP contribution is -2.51. The number of nitrogens with one attached hydrogen (secondary N) is 1. The van der Waals surface area contributed by atoms with Gasteiger partial charge in [0.15, 0.2) is 0 Å². The number of likely N-dealkylation sites (tertiary alicyclic amines) is 1. The Morgan fingerprint density at radius 3 is 2.94 bits per heavy atom. The number of hydrogen-bond donors (Lipinski definition) is 1. The summed E-state index contributed by atoms with van der Waals surface area (Å²) in [5.41, 5.74) is 0.370. The number of benzene rings is 1. The Balaban J connectivity index is 1.46. The van der Waals surface area contributed by atoms with E-state index in [2.05, 4.69) is 10.3 Å². The van der Waals surface area contributed by atoms with Crippen LogP contribution in [0.15, 0.2) is 36.9 Å². The van der Waals surface area contributed by atoms with Crippen LogP contribution >= 0.6 is 11.6 Å². The van der Waals surface area contributed by atoms with Crippen molar-refractivity contribution in [2.75, 3.05) is 26.2 Å².